The average Bonchev–Trinajstić information content (AvgIpc) is 2.38. The Hall–Kier alpha value is -2.40. The second kappa shape index (κ2) is 5.71. The predicted octanol–water partition coefficient (Wildman–Crippen LogP) is 4.24. The van der Waals surface area contributed by atoms with Gasteiger partial charge in [-0.1, -0.05) is 17.7 Å². The summed E-state index contributed by atoms with van der Waals surface area (Å²) in [4.78, 5) is 21.7. The zero-order valence-electron chi connectivity index (χ0n) is 10.5. The van der Waals surface area contributed by atoms with E-state index < -0.39 is 4.92 Å². The number of ketones is 1. The van der Waals surface area contributed by atoms with E-state index in [0.717, 1.165) is 0 Å². The third kappa shape index (κ3) is 3.13. The summed E-state index contributed by atoms with van der Waals surface area (Å²) in [5, 5.41) is 11.4. The van der Waals surface area contributed by atoms with Gasteiger partial charge in [-0.3, -0.25) is 14.9 Å². The van der Waals surface area contributed by atoms with Gasteiger partial charge < -0.3 is 4.74 Å². The summed E-state index contributed by atoms with van der Waals surface area (Å²) in [6.07, 6.45) is 0. The fraction of sp³-hybridized carbons (Fsp3) is 0.0714. The number of carbonyl (C=O) groups is 1. The lowest BCUT2D eigenvalue weighted by molar-refractivity contribution is -0.385. The Bertz CT molecular complexity index is 685. The van der Waals surface area contributed by atoms with Gasteiger partial charge in [0.1, 0.15) is 5.75 Å². The first-order valence-electron chi connectivity index (χ1n) is 5.70. The minimum Gasteiger partial charge on any atom is -0.450 e. The van der Waals surface area contributed by atoms with Gasteiger partial charge in [-0.15, -0.1) is 0 Å². The number of ether oxygens (including phenoxy) is 1. The lowest BCUT2D eigenvalue weighted by Crippen LogP contribution is -1.97. The fourth-order valence-electron chi connectivity index (χ4n) is 1.62. The van der Waals surface area contributed by atoms with Crippen molar-refractivity contribution >= 4 is 23.1 Å². The van der Waals surface area contributed by atoms with Gasteiger partial charge in [0, 0.05) is 16.7 Å². The molecule has 20 heavy (non-hydrogen) atoms. The highest BCUT2D eigenvalue weighted by molar-refractivity contribution is 6.30. The number of carbonyl (C=O) groups excluding carboxylic acids is 1. The van der Waals surface area contributed by atoms with E-state index in [0.29, 0.717) is 16.3 Å². The Labute approximate surface area is 119 Å². The summed E-state index contributed by atoms with van der Waals surface area (Å²) in [5.41, 5.74) is 0.127. The molecule has 0 saturated heterocycles. The van der Waals surface area contributed by atoms with Gasteiger partial charge in [-0.25, -0.2) is 0 Å². The second-order valence-electron chi connectivity index (χ2n) is 4.06. The number of nitrogens with zero attached hydrogens (tertiary/aromatic N) is 1. The molecule has 6 heteroatoms. The average molecular weight is 292 g/mol. The SMILES string of the molecule is CC(=O)c1ccc([N+](=O)[O-])c(Oc2cccc(Cl)c2)c1. The van der Waals surface area contributed by atoms with Crippen molar-refractivity contribution in [3.63, 3.8) is 0 Å². The van der Waals surface area contributed by atoms with E-state index in [9.17, 15) is 14.9 Å². The number of benzene rings is 2. The molecule has 0 N–H and O–H groups in total. The van der Waals surface area contributed by atoms with Crippen molar-refractivity contribution in [2.45, 2.75) is 6.92 Å². The Balaban J connectivity index is 2.44. The number of hydrogen-bond acceptors (Lipinski definition) is 4. The van der Waals surface area contributed by atoms with E-state index in [4.69, 9.17) is 16.3 Å². The molecule has 0 aliphatic carbocycles. The maximum Gasteiger partial charge on any atom is 0.311 e. The molecule has 0 aliphatic heterocycles. The second-order valence-corrected chi connectivity index (χ2v) is 4.49. The van der Waals surface area contributed by atoms with Crippen LogP contribution in [0.2, 0.25) is 5.02 Å². The van der Waals surface area contributed by atoms with Crippen LogP contribution in [0.25, 0.3) is 0 Å². The molecule has 0 bridgehead atoms. The number of Topliss-reactive ketones (excluding diaryl/α,β-unsaturated/α-hetero) is 1. The molecule has 2 rings (SSSR count). The molecule has 0 radical (unpaired) electrons. The Morgan fingerprint density at radius 2 is 2.00 bits per heavy atom. The summed E-state index contributed by atoms with van der Waals surface area (Å²) >= 11 is 5.83. The number of halogens is 1. The molecule has 2 aromatic rings. The van der Waals surface area contributed by atoms with E-state index in [1.807, 2.05) is 0 Å². The van der Waals surface area contributed by atoms with Crippen LogP contribution < -0.4 is 4.74 Å². The molecule has 0 unspecified atom stereocenters. The minimum atomic E-state index is -0.566. The van der Waals surface area contributed by atoms with Crippen LogP contribution in [-0.4, -0.2) is 10.7 Å². The first-order valence-corrected chi connectivity index (χ1v) is 6.08. The molecule has 0 heterocycles. The van der Waals surface area contributed by atoms with Crippen molar-refractivity contribution in [3.8, 4) is 11.5 Å². The molecule has 0 spiro atoms. The van der Waals surface area contributed by atoms with Gasteiger partial charge in [0.05, 0.1) is 4.92 Å². The van der Waals surface area contributed by atoms with Crippen molar-refractivity contribution < 1.29 is 14.5 Å². The lowest BCUT2D eigenvalue weighted by atomic mass is 10.1. The van der Waals surface area contributed by atoms with Crippen molar-refractivity contribution in [1.29, 1.82) is 0 Å². The van der Waals surface area contributed by atoms with Gasteiger partial charge in [0.15, 0.2) is 5.78 Å². The van der Waals surface area contributed by atoms with E-state index in [2.05, 4.69) is 0 Å². The van der Waals surface area contributed by atoms with Crippen LogP contribution >= 0.6 is 11.6 Å². The first-order chi connectivity index (χ1) is 9.47. The summed E-state index contributed by atoms with van der Waals surface area (Å²) in [6, 6.07) is 10.5. The van der Waals surface area contributed by atoms with E-state index in [1.54, 1.807) is 18.2 Å². The fourth-order valence-corrected chi connectivity index (χ4v) is 1.80. The van der Waals surface area contributed by atoms with Gasteiger partial charge in [-0.2, -0.15) is 0 Å². The molecule has 2 aromatic carbocycles. The topological polar surface area (TPSA) is 69.4 Å². The quantitative estimate of drug-likeness (QED) is 0.480. The number of nitro benzene ring substituents is 1. The van der Waals surface area contributed by atoms with Crippen LogP contribution in [0.5, 0.6) is 11.5 Å². The molecular weight excluding hydrogens is 282 g/mol. The summed E-state index contributed by atoms with van der Waals surface area (Å²) in [6.45, 7) is 1.38. The van der Waals surface area contributed by atoms with Gasteiger partial charge >= 0.3 is 5.69 Å². The largest absolute Gasteiger partial charge is 0.450 e. The van der Waals surface area contributed by atoms with Crippen LogP contribution in [0.4, 0.5) is 5.69 Å². The molecule has 5 nitrogen and oxygen atoms in total. The summed E-state index contributed by atoms with van der Waals surface area (Å²) in [5.74, 6) is 0.169. The molecule has 0 amide bonds. The number of hydrogen-bond donors (Lipinski definition) is 0. The van der Waals surface area contributed by atoms with Crippen molar-refractivity contribution in [2.24, 2.45) is 0 Å². The van der Waals surface area contributed by atoms with Crippen molar-refractivity contribution in [3.05, 3.63) is 63.2 Å². The van der Waals surface area contributed by atoms with E-state index >= 15 is 0 Å². The predicted molar refractivity (Wildman–Crippen MR) is 74.6 cm³/mol. The van der Waals surface area contributed by atoms with Crippen LogP contribution in [-0.2, 0) is 0 Å². The minimum absolute atomic E-state index is 0.00460. The molecule has 0 aromatic heterocycles. The highest BCUT2D eigenvalue weighted by atomic mass is 35.5. The van der Waals surface area contributed by atoms with Crippen LogP contribution in [0.3, 0.4) is 0 Å². The Morgan fingerprint density at radius 1 is 1.25 bits per heavy atom. The Kier molecular flexibility index (Phi) is 4.00. The Morgan fingerprint density at radius 3 is 2.60 bits per heavy atom. The molecule has 0 saturated carbocycles. The summed E-state index contributed by atoms with van der Waals surface area (Å²) < 4.78 is 5.46. The monoisotopic (exact) mass is 291 g/mol. The molecule has 0 atom stereocenters. The van der Waals surface area contributed by atoms with Gasteiger partial charge in [0.25, 0.3) is 0 Å². The molecule has 102 valence electrons. The zero-order chi connectivity index (χ0) is 14.7. The lowest BCUT2D eigenvalue weighted by Gasteiger charge is -2.07. The maximum atomic E-state index is 11.3. The molecule has 0 fully saturated rings. The molecule has 0 aliphatic rings. The highest BCUT2D eigenvalue weighted by Gasteiger charge is 2.17. The van der Waals surface area contributed by atoms with Gasteiger partial charge in [-0.05, 0) is 37.3 Å². The van der Waals surface area contributed by atoms with E-state index in [-0.39, 0.29) is 17.2 Å². The van der Waals surface area contributed by atoms with Crippen LogP contribution in [0.15, 0.2) is 42.5 Å². The third-order valence-corrected chi connectivity index (χ3v) is 2.82. The normalized spacial score (nSPS) is 10.1. The van der Waals surface area contributed by atoms with Crippen molar-refractivity contribution in [1.82, 2.24) is 0 Å². The molecular formula is C14H10ClNO4. The maximum absolute atomic E-state index is 11.3. The standard InChI is InChI=1S/C14H10ClNO4/c1-9(17)10-5-6-13(16(18)19)14(7-10)20-12-4-2-3-11(15)8-12/h2-8H,1H3. The van der Waals surface area contributed by atoms with Crippen LogP contribution in [0, 0.1) is 10.1 Å². The first kappa shape index (κ1) is 14.0. The van der Waals surface area contributed by atoms with Gasteiger partial charge in [0.2, 0.25) is 5.75 Å². The zero-order valence-corrected chi connectivity index (χ0v) is 11.3. The van der Waals surface area contributed by atoms with E-state index in [1.165, 1.54) is 31.2 Å². The summed E-state index contributed by atoms with van der Waals surface area (Å²) in [7, 11) is 0. The number of rotatable bonds is 4. The van der Waals surface area contributed by atoms with Crippen LogP contribution in [0.1, 0.15) is 17.3 Å². The third-order valence-electron chi connectivity index (χ3n) is 2.59. The highest BCUT2D eigenvalue weighted by Crippen LogP contribution is 2.33. The van der Waals surface area contributed by atoms with Crippen molar-refractivity contribution in [2.75, 3.05) is 0 Å². The number of nitro groups is 1. The smallest absolute Gasteiger partial charge is 0.311 e.